The molecule has 0 bridgehead atoms. The lowest BCUT2D eigenvalue weighted by Crippen LogP contribution is -2.27. The van der Waals surface area contributed by atoms with Crippen molar-refractivity contribution in [3.63, 3.8) is 0 Å². The summed E-state index contributed by atoms with van der Waals surface area (Å²) >= 11 is 0. The number of hydrogen-bond acceptors (Lipinski definition) is 4. The number of para-hydroxylation sites is 1. The summed E-state index contributed by atoms with van der Waals surface area (Å²) in [6.07, 6.45) is 0. The Morgan fingerprint density at radius 1 is 1.47 bits per heavy atom. The number of anilines is 1. The third kappa shape index (κ3) is 3.64. The fraction of sp³-hybridized carbons (Fsp3) is 0.417. The fourth-order valence-electron chi connectivity index (χ4n) is 1.44. The largest absolute Gasteiger partial charge is 0.494 e. The van der Waals surface area contributed by atoms with Crippen LogP contribution in [0.5, 0.6) is 5.75 Å². The molecule has 1 rings (SSSR count). The van der Waals surface area contributed by atoms with Crippen LogP contribution in [-0.2, 0) is 4.74 Å². The molecule has 0 aromatic heterocycles. The molecule has 1 amide bonds. The molecule has 0 unspecified atom stereocenters. The van der Waals surface area contributed by atoms with E-state index in [0.717, 1.165) is 0 Å². The lowest BCUT2D eigenvalue weighted by Gasteiger charge is -2.11. The second-order valence-corrected chi connectivity index (χ2v) is 3.38. The minimum atomic E-state index is -0.214. The lowest BCUT2D eigenvalue weighted by atomic mass is 10.1. The molecule has 17 heavy (non-hydrogen) atoms. The molecule has 5 nitrogen and oxygen atoms in total. The molecule has 1 aromatic rings. The number of carbonyl (C=O) groups excluding carboxylic acids is 1. The molecule has 94 valence electrons. The third-order valence-electron chi connectivity index (χ3n) is 2.23. The molecule has 0 fully saturated rings. The number of nitrogens with two attached hydrogens (primary N) is 1. The Balaban J connectivity index is 2.65. The predicted molar refractivity (Wildman–Crippen MR) is 66.2 cm³/mol. The van der Waals surface area contributed by atoms with Crippen molar-refractivity contribution in [2.75, 3.05) is 32.6 Å². The summed E-state index contributed by atoms with van der Waals surface area (Å²) in [5.74, 6) is 0.190. The van der Waals surface area contributed by atoms with Gasteiger partial charge in [0.1, 0.15) is 0 Å². The molecule has 3 N–H and O–H groups in total. The topological polar surface area (TPSA) is 73.6 Å². The zero-order chi connectivity index (χ0) is 12.7. The van der Waals surface area contributed by atoms with Gasteiger partial charge >= 0.3 is 0 Å². The van der Waals surface area contributed by atoms with Crippen molar-refractivity contribution < 1.29 is 14.3 Å². The summed E-state index contributed by atoms with van der Waals surface area (Å²) in [6, 6.07) is 5.08. The molecular formula is C12H18N2O3. The van der Waals surface area contributed by atoms with Gasteiger partial charge in [-0.05, 0) is 19.1 Å². The van der Waals surface area contributed by atoms with E-state index in [9.17, 15) is 4.79 Å². The molecule has 0 aliphatic carbocycles. The Morgan fingerprint density at radius 2 is 2.24 bits per heavy atom. The van der Waals surface area contributed by atoms with E-state index >= 15 is 0 Å². The maximum atomic E-state index is 11.8. The third-order valence-corrected chi connectivity index (χ3v) is 2.23. The number of carbonyl (C=O) groups is 1. The summed E-state index contributed by atoms with van der Waals surface area (Å²) in [5, 5.41) is 2.74. The van der Waals surface area contributed by atoms with Gasteiger partial charge in [0.25, 0.3) is 5.91 Å². The summed E-state index contributed by atoms with van der Waals surface area (Å²) in [6.45, 7) is 3.50. The van der Waals surface area contributed by atoms with Crippen LogP contribution in [0.15, 0.2) is 18.2 Å². The average Bonchev–Trinajstić information content (AvgIpc) is 2.34. The van der Waals surface area contributed by atoms with E-state index < -0.39 is 0 Å². The number of benzene rings is 1. The van der Waals surface area contributed by atoms with E-state index in [0.29, 0.717) is 36.8 Å². The minimum Gasteiger partial charge on any atom is -0.494 e. The summed E-state index contributed by atoms with van der Waals surface area (Å²) in [4.78, 5) is 11.8. The molecule has 0 aliphatic heterocycles. The van der Waals surface area contributed by atoms with Gasteiger partial charge in [-0.1, -0.05) is 6.07 Å². The van der Waals surface area contributed by atoms with Crippen LogP contribution in [0.3, 0.4) is 0 Å². The SMILES string of the molecule is CCOCCNC(=O)c1cccc(N)c1OC. The highest BCUT2D eigenvalue weighted by molar-refractivity contribution is 5.98. The highest BCUT2D eigenvalue weighted by Gasteiger charge is 2.13. The van der Waals surface area contributed by atoms with Crippen molar-refractivity contribution in [2.45, 2.75) is 6.92 Å². The second kappa shape index (κ2) is 6.75. The van der Waals surface area contributed by atoms with Gasteiger partial charge in [0.15, 0.2) is 5.75 Å². The van der Waals surface area contributed by atoms with Gasteiger partial charge in [0, 0.05) is 13.2 Å². The van der Waals surface area contributed by atoms with Crippen LogP contribution in [0.4, 0.5) is 5.69 Å². The van der Waals surface area contributed by atoms with Crippen LogP contribution >= 0.6 is 0 Å². The molecular weight excluding hydrogens is 220 g/mol. The zero-order valence-corrected chi connectivity index (χ0v) is 10.2. The summed E-state index contributed by atoms with van der Waals surface area (Å²) in [7, 11) is 1.49. The van der Waals surface area contributed by atoms with Crippen LogP contribution in [0.2, 0.25) is 0 Å². The molecule has 0 atom stereocenters. The van der Waals surface area contributed by atoms with Crippen molar-refractivity contribution >= 4 is 11.6 Å². The smallest absolute Gasteiger partial charge is 0.255 e. The van der Waals surface area contributed by atoms with Crippen LogP contribution in [0.1, 0.15) is 17.3 Å². The molecule has 0 heterocycles. The maximum absolute atomic E-state index is 11.8. The van der Waals surface area contributed by atoms with E-state index in [-0.39, 0.29) is 5.91 Å². The van der Waals surface area contributed by atoms with Crippen molar-refractivity contribution in [1.82, 2.24) is 5.32 Å². The molecule has 0 saturated carbocycles. The number of methoxy groups -OCH3 is 1. The molecule has 5 heteroatoms. The molecule has 1 aromatic carbocycles. The van der Waals surface area contributed by atoms with Gasteiger partial charge in [-0.15, -0.1) is 0 Å². The standard InChI is InChI=1S/C12H18N2O3/c1-3-17-8-7-14-12(15)9-5-4-6-10(13)11(9)16-2/h4-6H,3,7-8,13H2,1-2H3,(H,14,15). The first-order chi connectivity index (χ1) is 8.20. The average molecular weight is 238 g/mol. The van der Waals surface area contributed by atoms with Crippen LogP contribution in [-0.4, -0.2) is 32.8 Å². The van der Waals surface area contributed by atoms with Gasteiger partial charge in [0.2, 0.25) is 0 Å². The van der Waals surface area contributed by atoms with Gasteiger partial charge in [0.05, 0.1) is 25.0 Å². The number of nitrogens with one attached hydrogen (secondary N) is 1. The van der Waals surface area contributed by atoms with E-state index in [1.807, 2.05) is 6.92 Å². The quantitative estimate of drug-likeness (QED) is 0.573. The minimum absolute atomic E-state index is 0.214. The first kappa shape index (κ1) is 13.3. The van der Waals surface area contributed by atoms with Crippen molar-refractivity contribution in [2.24, 2.45) is 0 Å². The predicted octanol–water partition coefficient (Wildman–Crippen LogP) is 1.04. The highest BCUT2D eigenvalue weighted by atomic mass is 16.5. The van der Waals surface area contributed by atoms with Crippen molar-refractivity contribution in [1.29, 1.82) is 0 Å². The van der Waals surface area contributed by atoms with Gasteiger partial charge in [-0.2, -0.15) is 0 Å². The Morgan fingerprint density at radius 3 is 2.88 bits per heavy atom. The number of ether oxygens (including phenoxy) is 2. The summed E-state index contributed by atoms with van der Waals surface area (Å²) in [5.41, 5.74) is 6.60. The first-order valence-electron chi connectivity index (χ1n) is 5.49. The Labute approximate surface area is 101 Å². The number of rotatable bonds is 6. The van der Waals surface area contributed by atoms with E-state index in [2.05, 4.69) is 5.32 Å². The van der Waals surface area contributed by atoms with E-state index in [4.69, 9.17) is 15.2 Å². The molecule has 0 spiro atoms. The summed E-state index contributed by atoms with van der Waals surface area (Å²) < 4.78 is 10.2. The monoisotopic (exact) mass is 238 g/mol. The number of hydrogen-bond donors (Lipinski definition) is 2. The zero-order valence-electron chi connectivity index (χ0n) is 10.2. The normalized spacial score (nSPS) is 10.0. The molecule has 0 aliphatic rings. The maximum Gasteiger partial charge on any atom is 0.255 e. The first-order valence-corrected chi connectivity index (χ1v) is 5.49. The van der Waals surface area contributed by atoms with Gasteiger partial charge in [-0.3, -0.25) is 4.79 Å². The second-order valence-electron chi connectivity index (χ2n) is 3.38. The van der Waals surface area contributed by atoms with Crippen molar-refractivity contribution in [3.8, 4) is 5.75 Å². The van der Waals surface area contributed by atoms with Crippen molar-refractivity contribution in [3.05, 3.63) is 23.8 Å². The van der Waals surface area contributed by atoms with Crippen LogP contribution in [0, 0.1) is 0 Å². The Hall–Kier alpha value is -1.75. The Bertz CT molecular complexity index is 380. The van der Waals surface area contributed by atoms with E-state index in [1.165, 1.54) is 7.11 Å². The van der Waals surface area contributed by atoms with Crippen LogP contribution in [0.25, 0.3) is 0 Å². The lowest BCUT2D eigenvalue weighted by molar-refractivity contribution is 0.0919. The highest BCUT2D eigenvalue weighted by Crippen LogP contribution is 2.25. The van der Waals surface area contributed by atoms with Crippen LogP contribution < -0.4 is 15.8 Å². The number of amides is 1. The number of nitrogen functional groups attached to an aromatic ring is 1. The van der Waals surface area contributed by atoms with E-state index in [1.54, 1.807) is 18.2 Å². The van der Waals surface area contributed by atoms with Gasteiger partial charge < -0.3 is 20.5 Å². The van der Waals surface area contributed by atoms with Gasteiger partial charge in [-0.25, -0.2) is 0 Å². The molecule has 0 saturated heterocycles. The Kier molecular flexibility index (Phi) is 5.29. The fourth-order valence-corrected chi connectivity index (χ4v) is 1.44. The molecule has 0 radical (unpaired) electrons.